The van der Waals surface area contributed by atoms with E-state index < -0.39 is 23.5 Å². The Morgan fingerprint density at radius 1 is 1.15 bits per heavy atom. The van der Waals surface area contributed by atoms with Crippen LogP contribution in [0.3, 0.4) is 0 Å². The molecule has 1 nitrogen and oxygen atoms in total. The quantitative estimate of drug-likeness (QED) is 0.776. The van der Waals surface area contributed by atoms with E-state index in [4.69, 9.17) is 0 Å². The van der Waals surface area contributed by atoms with Crippen LogP contribution in [0.1, 0.15) is 50.6 Å². The molecule has 1 aliphatic carbocycles. The molecule has 2 rings (SSSR count). The minimum atomic E-state index is -0.879. The van der Waals surface area contributed by atoms with Crippen molar-refractivity contribution in [3.05, 3.63) is 46.8 Å². The minimum absolute atomic E-state index is 0.0620. The Labute approximate surface area is 117 Å². The van der Waals surface area contributed by atoms with Crippen molar-refractivity contribution in [1.29, 1.82) is 0 Å². The summed E-state index contributed by atoms with van der Waals surface area (Å²) in [6.07, 6.45) is 6.83. The van der Waals surface area contributed by atoms with Gasteiger partial charge in [-0.3, -0.25) is 0 Å². The van der Waals surface area contributed by atoms with E-state index in [1.165, 1.54) is 0 Å². The van der Waals surface area contributed by atoms with Gasteiger partial charge in [0.05, 0.1) is 6.04 Å². The largest absolute Gasteiger partial charge is 0.306 e. The van der Waals surface area contributed by atoms with Gasteiger partial charge in [0.25, 0.3) is 0 Å². The van der Waals surface area contributed by atoms with Gasteiger partial charge < -0.3 is 5.32 Å². The molecule has 1 unspecified atom stereocenters. The summed E-state index contributed by atoms with van der Waals surface area (Å²) in [6.45, 7) is 2.66. The van der Waals surface area contributed by atoms with E-state index in [0.717, 1.165) is 49.8 Å². The van der Waals surface area contributed by atoms with Gasteiger partial charge in [0, 0.05) is 17.7 Å². The summed E-state index contributed by atoms with van der Waals surface area (Å²) in [4.78, 5) is 0. The van der Waals surface area contributed by atoms with Crippen LogP contribution in [0.4, 0.5) is 13.2 Å². The van der Waals surface area contributed by atoms with Crippen molar-refractivity contribution in [3.63, 3.8) is 0 Å². The third-order valence-corrected chi connectivity index (χ3v) is 3.63. The zero-order valence-electron chi connectivity index (χ0n) is 11.7. The number of benzene rings is 1. The maximum absolute atomic E-state index is 14.0. The first kappa shape index (κ1) is 15.1. The number of hydrogen-bond donors (Lipinski definition) is 1. The molecule has 1 atom stereocenters. The molecule has 0 amide bonds. The van der Waals surface area contributed by atoms with Crippen LogP contribution in [0.25, 0.3) is 0 Å². The minimum Gasteiger partial charge on any atom is -0.306 e. The summed E-state index contributed by atoms with van der Waals surface area (Å²) >= 11 is 0. The first-order valence-electron chi connectivity index (χ1n) is 7.20. The molecule has 0 aliphatic heterocycles. The Morgan fingerprint density at radius 3 is 2.40 bits per heavy atom. The van der Waals surface area contributed by atoms with Crippen molar-refractivity contribution in [1.82, 2.24) is 5.32 Å². The standard InChI is InChI=1S/C16H20F3N/c1-2-8-20-16(11-6-4-3-5-7-11)15-13(18)9-12(17)10-14(15)19/h6,9-10,16,20H,2-5,7-8H2,1H3. The van der Waals surface area contributed by atoms with Gasteiger partial charge in [-0.25, -0.2) is 13.2 Å². The second-order valence-corrected chi connectivity index (χ2v) is 5.20. The first-order valence-corrected chi connectivity index (χ1v) is 7.20. The summed E-state index contributed by atoms with van der Waals surface area (Å²) in [5.74, 6) is -2.51. The SMILES string of the molecule is CCCNC(C1=CCCCC1)c1c(F)cc(F)cc1F. The average molecular weight is 283 g/mol. The highest BCUT2D eigenvalue weighted by Crippen LogP contribution is 2.33. The van der Waals surface area contributed by atoms with Gasteiger partial charge >= 0.3 is 0 Å². The van der Waals surface area contributed by atoms with Crippen LogP contribution in [-0.4, -0.2) is 6.54 Å². The van der Waals surface area contributed by atoms with E-state index in [1.807, 2.05) is 6.92 Å². The number of halogens is 3. The highest BCUT2D eigenvalue weighted by Gasteiger charge is 2.24. The molecule has 0 bridgehead atoms. The van der Waals surface area contributed by atoms with Crippen LogP contribution in [-0.2, 0) is 0 Å². The van der Waals surface area contributed by atoms with Gasteiger partial charge in [-0.1, -0.05) is 18.6 Å². The van der Waals surface area contributed by atoms with Crippen molar-refractivity contribution in [2.45, 2.75) is 45.1 Å². The third kappa shape index (κ3) is 3.42. The van der Waals surface area contributed by atoms with Crippen molar-refractivity contribution >= 4 is 0 Å². The molecule has 0 heterocycles. The van der Waals surface area contributed by atoms with Gasteiger partial charge in [0.2, 0.25) is 0 Å². The fourth-order valence-electron chi connectivity index (χ4n) is 2.66. The van der Waals surface area contributed by atoms with Crippen LogP contribution < -0.4 is 5.32 Å². The molecule has 110 valence electrons. The second kappa shape index (κ2) is 6.93. The first-order chi connectivity index (χ1) is 9.63. The van der Waals surface area contributed by atoms with Gasteiger partial charge in [0.1, 0.15) is 17.5 Å². The second-order valence-electron chi connectivity index (χ2n) is 5.20. The lowest BCUT2D eigenvalue weighted by atomic mass is 9.89. The molecule has 1 aliphatic rings. The molecule has 1 N–H and O–H groups in total. The summed E-state index contributed by atoms with van der Waals surface area (Å²) in [7, 11) is 0. The zero-order valence-corrected chi connectivity index (χ0v) is 11.7. The van der Waals surface area contributed by atoms with Crippen molar-refractivity contribution < 1.29 is 13.2 Å². The van der Waals surface area contributed by atoms with E-state index in [-0.39, 0.29) is 5.56 Å². The third-order valence-electron chi connectivity index (χ3n) is 3.63. The van der Waals surface area contributed by atoms with Gasteiger partial charge in [-0.15, -0.1) is 0 Å². The van der Waals surface area contributed by atoms with E-state index >= 15 is 0 Å². The lowest BCUT2D eigenvalue weighted by Gasteiger charge is -2.25. The number of allylic oxidation sites excluding steroid dienone is 1. The zero-order chi connectivity index (χ0) is 14.5. The normalized spacial score (nSPS) is 16.9. The Hall–Kier alpha value is -1.29. The molecule has 0 saturated carbocycles. The topological polar surface area (TPSA) is 12.0 Å². The summed E-state index contributed by atoms with van der Waals surface area (Å²) in [6, 6.07) is 1.01. The maximum atomic E-state index is 14.0. The van der Waals surface area contributed by atoms with Gasteiger partial charge in [0.15, 0.2) is 0 Å². The maximum Gasteiger partial charge on any atom is 0.134 e. The number of rotatable bonds is 5. The summed E-state index contributed by atoms with van der Waals surface area (Å²) in [5, 5.41) is 3.19. The van der Waals surface area contributed by atoms with Crippen molar-refractivity contribution in [2.75, 3.05) is 6.54 Å². The van der Waals surface area contributed by atoms with Crippen LogP contribution in [0.2, 0.25) is 0 Å². The van der Waals surface area contributed by atoms with Crippen molar-refractivity contribution in [3.8, 4) is 0 Å². The average Bonchev–Trinajstić information content (AvgIpc) is 2.42. The fraction of sp³-hybridized carbons (Fsp3) is 0.500. The molecule has 1 aromatic carbocycles. The van der Waals surface area contributed by atoms with Crippen LogP contribution in [0, 0.1) is 17.5 Å². The predicted molar refractivity (Wildman–Crippen MR) is 73.9 cm³/mol. The molecule has 1 aromatic rings. The summed E-state index contributed by atoms with van der Waals surface area (Å²) < 4.78 is 41.0. The highest BCUT2D eigenvalue weighted by molar-refractivity contribution is 5.32. The Balaban J connectivity index is 2.38. The molecule has 4 heteroatoms. The number of hydrogen-bond acceptors (Lipinski definition) is 1. The van der Waals surface area contributed by atoms with E-state index in [0.29, 0.717) is 6.54 Å². The van der Waals surface area contributed by atoms with Gasteiger partial charge in [-0.2, -0.15) is 0 Å². The van der Waals surface area contributed by atoms with Gasteiger partial charge in [-0.05, 0) is 38.6 Å². The molecule has 0 aromatic heterocycles. The van der Waals surface area contributed by atoms with E-state index in [2.05, 4.69) is 11.4 Å². The van der Waals surface area contributed by atoms with Crippen LogP contribution in [0.5, 0.6) is 0 Å². The molecular weight excluding hydrogens is 263 g/mol. The molecular formula is C16H20F3N. The molecule has 0 spiro atoms. The predicted octanol–water partition coefficient (Wildman–Crippen LogP) is 4.65. The molecule has 0 saturated heterocycles. The monoisotopic (exact) mass is 283 g/mol. The lowest BCUT2D eigenvalue weighted by Crippen LogP contribution is -2.26. The Bertz CT molecular complexity index is 473. The highest BCUT2D eigenvalue weighted by atomic mass is 19.1. The van der Waals surface area contributed by atoms with Crippen LogP contribution in [0.15, 0.2) is 23.8 Å². The Kier molecular flexibility index (Phi) is 5.24. The fourth-order valence-corrected chi connectivity index (χ4v) is 2.66. The smallest absolute Gasteiger partial charge is 0.134 e. The van der Waals surface area contributed by atoms with Crippen LogP contribution >= 0.6 is 0 Å². The summed E-state index contributed by atoms with van der Waals surface area (Å²) in [5.41, 5.74) is 0.946. The Morgan fingerprint density at radius 2 is 1.85 bits per heavy atom. The molecule has 0 fully saturated rings. The van der Waals surface area contributed by atoms with E-state index in [1.54, 1.807) is 0 Å². The number of nitrogens with one attached hydrogen (secondary N) is 1. The molecule has 0 radical (unpaired) electrons. The van der Waals surface area contributed by atoms with E-state index in [9.17, 15) is 13.2 Å². The van der Waals surface area contributed by atoms with Crippen molar-refractivity contribution in [2.24, 2.45) is 0 Å². The molecule has 20 heavy (non-hydrogen) atoms. The lowest BCUT2D eigenvalue weighted by molar-refractivity contribution is 0.471.